The highest BCUT2D eigenvalue weighted by molar-refractivity contribution is 6.00. The molecule has 0 atom stereocenters. The third kappa shape index (κ3) is 3.88. The predicted octanol–water partition coefficient (Wildman–Crippen LogP) is 6.67. The van der Waals surface area contributed by atoms with E-state index in [1.54, 1.807) is 6.21 Å². The number of hydrogen-bond acceptors (Lipinski definition) is 5. The van der Waals surface area contributed by atoms with Gasteiger partial charge in [-0.2, -0.15) is 5.10 Å². The molecule has 3 aromatic heterocycles. The number of aromatic nitrogens is 4. The van der Waals surface area contributed by atoms with Crippen LogP contribution >= 0.6 is 0 Å². The van der Waals surface area contributed by atoms with E-state index in [-0.39, 0.29) is 0 Å². The quantitative estimate of drug-likeness (QED) is 0.226. The van der Waals surface area contributed by atoms with E-state index in [0.29, 0.717) is 5.82 Å². The largest absolute Gasteiger partial charge is 0.298 e. The molecule has 0 radical (unpaired) electrons. The number of imidazole rings is 1. The van der Waals surface area contributed by atoms with Crippen LogP contribution in [0.4, 0.5) is 5.82 Å². The van der Waals surface area contributed by atoms with Crippen molar-refractivity contribution >= 4 is 28.5 Å². The highest BCUT2D eigenvalue weighted by atomic mass is 15.3. The molecule has 6 rings (SSSR count). The van der Waals surface area contributed by atoms with Crippen LogP contribution in [0.3, 0.4) is 0 Å². The van der Waals surface area contributed by atoms with Gasteiger partial charge in [-0.3, -0.25) is 9.83 Å². The molecule has 1 N–H and O–H groups in total. The Bertz CT molecular complexity index is 1730. The third-order valence-corrected chi connectivity index (χ3v) is 6.44. The summed E-state index contributed by atoms with van der Waals surface area (Å²) in [6, 6.07) is 30.6. The summed E-state index contributed by atoms with van der Waals surface area (Å²) in [6.07, 6.45) is 3.78. The van der Waals surface area contributed by atoms with Crippen LogP contribution in [-0.2, 0) is 0 Å². The normalized spacial score (nSPS) is 11.5. The minimum atomic E-state index is 0.601. The molecule has 36 heavy (non-hydrogen) atoms. The van der Waals surface area contributed by atoms with Crippen molar-refractivity contribution in [3.63, 3.8) is 0 Å². The molecular formula is C30H24N6. The molecule has 0 spiro atoms. The molecule has 0 saturated heterocycles. The van der Waals surface area contributed by atoms with Crippen molar-refractivity contribution in [1.82, 2.24) is 19.6 Å². The molecule has 6 aromatic rings. The van der Waals surface area contributed by atoms with Crippen molar-refractivity contribution in [2.75, 3.05) is 5.43 Å². The summed E-state index contributed by atoms with van der Waals surface area (Å²) in [5.41, 5.74) is 11.2. The van der Waals surface area contributed by atoms with Gasteiger partial charge in [-0.15, -0.1) is 10.2 Å². The fourth-order valence-electron chi connectivity index (χ4n) is 4.39. The zero-order chi connectivity index (χ0) is 24.5. The van der Waals surface area contributed by atoms with Gasteiger partial charge in [0.15, 0.2) is 5.82 Å². The summed E-state index contributed by atoms with van der Waals surface area (Å²) in [5, 5.41) is 15.6. The second-order valence-corrected chi connectivity index (χ2v) is 8.75. The minimum absolute atomic E-state index is 0.601. The van der Waals surface area contributed by atoms with Crippen LogP contribution in [0.15, 0.2) is 102 Å². The number of hydrazone groups is 1. The van der Waals surface area contributed by atoms with Crippen molar-refractivity contribution in [3.05, 3.63) is 114 Å². The summed E-state index contributed by atoms with van der Waals surface area (Å²) in [7, 11) is 0. The van der Waals surface area contributed by atoms with E-state index in [0.717, 1.165) is 44.6 Å². The number of anilines is 1. The van der Waals surface area contributed by atoms with Crippen LogP contribution in [0.2, 0.25) is 0 Å². The molecule has 0 unspecified atom stereocenters. The summed E-state index contributed by atoms with van der Waals surface area (Å²) in [6.45, 7) is 4.23. The first-order chi connectivity index (χ1) is 17.7. The van der Waals surface area contributed by atoms with Crippen molar-refractivity contribution in [2.24, 2.45) is 5.10 Å². The van der Waals surface area contributed by atoms with E-state index in [1.165, 1.54) is 11.1 Å². The first-order valence-electron chi connectivity index (χ1n) is 11.8. The van der Waals surface area contributed by atoms with Crippen molar-refractivity contribution < 1.29 is 0 Å². The number of fused-ring (bicyclic) bond motifs is 2. The van der Waals surface area contributed by atoms with Crippen LogP contribution in [0, 0.1) is 13.8 Å². The van der Waals surface area contributed by atoms with Crippen molar-refractivity contribution in [1.29, 1.82) is 0 Å². The summed E-state index contributed by atoms with van der Waals surface area (Å²) in [5.74, 6) is 0.601. The first-order valence-corrected chi connectivity index (χ1v) is 11.8. The second-order valence-electron chi connectivity index (χ2n) is 8.75. The summed E-state index contributed by atoms with van der Waals surface area (Å²) < 4.78 is 2.03. The number of hydrogen-bond donors (Lipinski definition) is 1. The fraction of sp³-hybridized carbons (Fsp3) is 0.0667. The van der Waals surface area contributed by atoms with Gasteiger partial charge >= 0.3 is 0 Å². The number of nitrogens with zero attached hydrogens (tertiary/aromatic N) is 5. The first kappa shape index (κ1) is 21.7. The zero-order valence-corrected chi connectivity index (χ0v) is 20.1. The molecule has 0 aliphatic heterocycles. The van der Waals surface area contributed by atoms with Crippen LogP contribution in [0.5, 0.6) is 0 Å². The number of rotatable bonds is 5. The Morgan fingerprint density at radius 3 is 2.33 bits per heavy atom. The monoisotopic (exact) mass is 468 g/mol. The Labute approximate surface area is 209 Å². The molecule has 0 fully saturated rings. The molecule has 6 nitrogen and oxygen atoms in total. The lowest BCUT2D eigenvalue weighted by atomic mass is 10.0. The maximum absolute atomic E-state index is 4.83. The molecule has 0 bridgehead atoms. The van der Waals surface area contributed by atoms with E-state index in [1.807, 2.05) is 65.2 Å². The molecular weight excluding hydrogens is 444 g/mol. The molecule has 3 aromatic carbocycles. The van der Waals surface area contributed by atoms with E-state index >= 15 is 0 Å². The average Bonchev–Trinajstić information content (AvgIpc) is 3.29. The van der Waals surface area contributed by atoms with Gasteiger partial charge in [0.25, 0.3) is 0 Å². The summed E-state index contributed by atoms with van der Waals surface area (Å²) in [4.78, 5) is 4.83. The fourth-order valence-corrected chi connectivity index (χ4v) is 4.39. The Hall–Kier alpha value is -4.84. The Balaban J connectivity index is 1.39. The van der Waals surface area contributed by atoms with Crippen LogP contribution in [-0.4, -0.2) is 25.8 Å². The van der Waals surface area contributed by atoms with Gasteiger partial charge in [0.05, 0.1) is 17.6 Å². The Kier molecular flexibility index (Phi) is 5.46. The van der Waals surface area contributed by atoms with Gasteiger partial charge in [-0.05, 0) is 43.2 Å². The average molecular weight is 469 g/mol. The van der Waals surface area contributed by atoms with Gasteiger partial charge in [-0.1, -0.05) is 72.8 Å². The minimum Gasteiger partial charge on any atom is -0.298 e. The summed E-state index contributed by atoms with van der Waals surface area (Å²) >= 11 is 0. The third-order valence-electron chi connectivity index (χ3n) is 6.44. The van der Waals surface area contributed by atoms with Crippen LogP contribution < -0.4 is 5.43 Å². The number of aryl methyl sites for hydroxylation is 2. The number of pyridine rings is 1. The molecule has 3 heterocycles. The van der Waals surface area contributed by atoms with E-state index in [4.69, 9.17) is 4.98 Å². The van der Waals surface area contributed by atoms with Crippen molar-refractivity contribution in [3.8, 4) is 22.5 Å². The van der Waals surface area contributed by atoms with E-state index in [9.17, 15) is 0 Å². The van der Waals surface area contributed by atoms with Crippen molar-refractivity contribution in [2.45, 2.75) is 13.8 Å². The van der Waals surface area contributed by atoms with Gasteiger partial charge in [-0.25, -0.2) is 4.98 Å². The molecule has 0 saturated carbocycles. The van der Waals surface area contributed by atoms with Gasteiger partial charge in [0.1, 0.15) is 11.3 Å². The predicted molar refractivity (Wildman–Crippen MR) is 146 cm³/mol. The lowest BCUT2D eigenvalue weighted by Crippen LogP contribution is -2.00. The second kappa shape index (κ2) is 9.07. The smallest absolute Gasteiger partial charge is 0.176 e. The SMILES string of the molecule is Cc1ccc(-c2nnc(NN=Cc3c(-c4ccccc4)nc4ccccn34)c3ccccc23)cc1C. The molecule has 6 heteroatoms. The number of benzene rings is 3. The molecule has 0 aliphatic rings. The molecule has 0 aliphatic carbocycles. The van der Waals surface area contributed by atoms with Gasteiger partial charge in [0, 0.05) is 28.1 Å². The maximum atomic E-state index is 4.83. The van der Waals surface area contributed by atoms with Gasteiger partial charge < -0.3 is 0 Å². The highest BCUT2D eigenvalue weighted by Crippen LogP contribution is 2.31. The van der Waals surface area contributed by atoms with E-state index in [2.05, 4.69) is 71.0 Å². The zero-order valence-electron chi connectivity index (χ0n) is 20.1. The highest BCUT2D eigenvalue weighted by Gasteiger charge is 2.13. The van der Waals surface area contributed by atoms with Crippen LogP contribution in [0.1, 0.15) is 16.8 Å². The number of nitrogens with one attached hydrogen (secondary N) is 1. The van der Waals surface area contributed by atoms with Gasteiger partial charge in [0.2, 0.25) is 0 Å². The lowest BCUT2D eigenvalue weighted by Gasteiger charge is -2.10. The molecule has 0 amide bonds. The van der Waals surface area contributed by atoms with Crippen LogP contribution in [0.25, 0.3) is 38.9 Å². The molecule has 174 valence electrons. The topological polar surface area (TPSA) is 67.5 Å². The lowest BCUT2D eigenvalue weighted by molar-refractivity contribution is 1.04. The maximum Gasteiger partial charge on any atom is 0.176 e. The van der Waals surface area contributed by atoms with E-state index < -0.39 is 0 Å². The standard InChI is InChI=1S/C30H24N6/c1-20-15-16-23(18-21(20)2)28-24-12-6-7-13-25(24)30(35-33-28)34-31-19-26-29(22-10-4-3-5-11-22)32-27-14-8-9-17-36(26)27/h3-19H,1-2H3,(H,34,35). The Morgan fingerprint density at radius 2 is 1.50 bits per heavy atom. The Morgan fingerprint density at radius 1 is 0.722 bits per heavy atom.